The van der Waals surface area contributed by atoms with Crippen LogP contribution in [-0.4, -0.2) is 55.1 Å². The molecule has 27 heavy (non-hydrogen) atoms. The number of nitrogens with one attached hydrogen (secondary N) is 1. The predicted octanol–water partition coefficient (Wildman–Crippen LogP) is 0.403. The molecule has 146 valence electrons. The predicted molar refractivity (Wildman–Crippen MR) is 123 cm³/mol. The third kappa shape index (κ3) is 6.67. The zero-order valence-corrected chi connectivity index (χ0v) is 23.0. The number of nitrogens with zero attached hydrogens (tertiary/aromatic N) is 2. The second-order valence-corrected chi connectivity index (χ2v) is 10.3. The van der Waals surface area contributed by atoms with Gasteiger partial charge >= 0.3 is 29.6 Å². The molecule has 1 saturated heterocycles. The van der Waals surface area contributed by atoms with Gasteiger partial charge in [-0.15, -0.1) is 0 Å². The maximum absolute atomic E-state index is 12.4. The Balaban J connectivity index is 0.00000261. The largest absolute Gasteiger partial charge is 1.00 e. The van der Waals surface area contributed by atoms with E-state index in [4.69, 9.17) is 0 Å². The minimum atomic E-state index is 0. The second kappa shape index (κ2) is 11.7. The average molecular weight is 605 g/mol. The average Bonchev–Trinajstić information content (AvgIpc) is 2.86. The Kier molecular flexibility index (Phi) is 10.6. The fourth-order valence-corrected chi connectivity index (χ4v) is 6.41. The van der Waals surface area contributed by atoms with E-state index < -0.39 is 0 Å². The summed E-state index contributed by atoms with van der Waals surface area (Å²) in [5.41, 5.74) is 1.18. The van der Waals surface area contributed by atoms with E-state index in [0.717, 1.165) is 19.2 Å². The monoisotopic (exact) mass is 605 g/mol. The molecule has 7 heteroatoms. The summed E-state index contributed by atoms with van der Waals surface area (Å²) in [6.45, 7) is 6.36. The quantitative estimate of drug-likeness (QED) is 0.300. The fourth-order valence-electron chi connectivity index (χ4n) is 4.45. The zero-order chi connectivity index (χ0) is 18.6. The van der Waals surface area contributed by atoms with Crippen molar-refractivity contribution in [3.05, 3.63) is 24.8 Å². The number of hydrogen-bond donors (Lipinski definition) is 1. The van der Waals surface area contributed by atoms with Gasteiger partial charge in [0.15, 0.2) is 0 Å². The van der Waals surface area contributed by atoms with Crippen molar-refractivity contribution in [1.82, 2.24) is 15.1 Å². The third-order valence-corrected chi connectivity index (χ3v) is 7.49. The van der Waals surface area contributed by atoms with Crippen molar-refractivity contribution in [1.29, 1.82) is 0 Å². The molecule has 1 aromatic carbocycles. The molecule has 0 atom stereocenters. The summed E-state index contributed by atoms with van der Waals surface area (Å²) in [6, 6.07) is 4.00. The van der Waals surface area contributed by atoms with Crippen molar-refractivity contribution < 1.29 is 34.7 Å². The number of halogens is 2. The van der Waals surface area contributed by atoms with Crippen LogP contribution in [-0.2, 0) is 6.54 Å². The second-order valence-electron chi connectivity index (χ2n) is 7.91. The molecule has 3 rings (SSSR count). The molecular formula is C20H30I2N3NaO. The Labute approximate surface area is 213 Å². The molecule has 1 aromatic rings. The Morgan fingerprint density at radius 3 is 2.30 bits per heavy atom. The van der Waals surface area contributed by atoms with E-state index in [-0.39, 0.29) is 40.8 Å². The van der Waals surface area contributed by atoms with Crippen molar-refractivity contribution in [2.24, 2.45) is 0 Å². The maximum Gasteiger partial charge on any atom is 1.00 e. The summed E-state index contributed by atoms with van der Waals surface area (Å²) < 4.78 is 1.97. The summed E-state index contributed by atoms with van der Waals surface area (Å²) in [7, 11) is 2.23. The first-order valence-corrected chi connectivity index (χ1v) is 12.0. The normalized spacial score (nSPS) is 21.4. The molecule has 1 N–H and O–H groups in total. The molecule has 0 spiro atoms. The van der Waals surface area contributed by atoms with Gasteiger partial charge in [0.1, 0.15) is 0 Å². The molecule has 1 aliphatic carbocycles. The number of rotatable bonds is 5. The summed E-state index contributed by atoms with van der Waals surface area (Å²) in [4.78, 5) is 5.19. The molecule has 0 bridgehead atoms. The van der Waals surface area contributed by atoms with E-state index in [1.165, 1.54) is 64.7 Å². The van der Waals surface area contributed by atoms with Crippen molar-refractivity contribution in [3.63, 3.8) is 0 Å². The number of hydrogen-bond acceptors (Lipinski definition) is 4. The van der Waals surface area contributed by atoms with Crippen LogP contribution in [0.2, 0.25) is 0 Å². The Hall–Kier alpha value is 1.36. The molecule has 2 aliphatic rings. The topological polar surface area (TPSA) is 41.6 Å². The van der Waals surface area contributed by atoms with Crippen molar-refractivity contribution >= 4 is 45.2 Å². The van der Waals surface area contributed by atoms with Crippen LogP contribution >= 0.6 is 45.2 Å². The Morgan fingerprint density at radius 1 is 1.04 bits per heavy atom. The molecule has 1 saturated carbocycles. The maximum atomic E-state index is 12.4. The minimum Gasteiger partial charge on any atom is -0.872 e. The van der Waals surface area contributed by atoms with Crippen LogP contribution in [0.5, 0.6) is 5.75 Å². The smallest absolute Gasteiger partial charge is 0.872 e. The molecule has 1 heterocycles. The SMILES string of the molecule is CN1CCN(C2(CNCc3cc(I)cc(I)c3[O-])CCCCCC2)CC1.[Na+]. The standard InChI is InChI=1S/C20H31I2N3O.Na/c1-24-8-10-25(11-9-24)20(6-4-2-3-5-7-20)15-23-14-16-12-17(21)13-18(22)19(16)26;/h12-13,23,26H,2-11,14-15H2,1H3;/q;+1/p-1. The molecule has 2 fully saturated rings. The van der Waals surface area contributed by atoms with Gasteiger partial charge in [0.2, 0.25) is 0 Å². The minimum absolute atomic E-state index is 0. The van der Waals surface area contributed by atoms with E-state index in [2.05, 4.69) is 67.3 Å². The van der Waals surface area contributed by atoms with Crippen molar-refractivity contribution in [3.8, 4) is 5.75 Å². The molecule has 0 radical (unpaired) electrons. The van der Waals surface area contributed by atoms with Gasteiger partial charge in [0.05, 0.1) is 0 Å². The van der Waals surface area contributed by atoms with Crippen LogP contribution in [0.1, 0.15) is 44.1 Å². The van der Waals surface area contributed by atoms with Gasteiger partial charge in [0, 0.05) is 51.9 Å². The number of piperazine rings is 1. The van der Waals surface area contributed by atoms with E-state index >= 15 is 0 Å². The first kappa shape index (κ1) is 24.6. The van der Waals surface area contributed by atoms with E-state index in [9.17, 15) is 5.11 Å². The molecule has 0 amide bonds. The number of benzene rings is 1. The first-order valence-electron chi connectivity index (χ1n) is 9.79. The fraction of sp³-hybridized carbons (Fsp3) is 0.700. The van der Waals surface area contributed by atoms with Gasteiger partial charge in [-0.3, -0.25) is 4.90 Å². The van der Waals surface area contributed by atoms with E-state index in [1.54, 1.807) is 0 Å². The Bertz CT molecular complexity index is 601. The van der Waals surface area contributed by atoms with Gasteiger partial charge in [-0.2, -0.15) is 0 Å². The van der Waals surface area contributed by atoms with Crippen molar-refractivity contribution in [2.75, 3.05) is 39.8 Å². The molecular weight excluding hydrogens is 575 g/mol. The van der Waals surface area contributed by atoms with Gasteiger partial charge in [-0.25, -0.2) is 0 Å². The van der Waals surface area contributed by atoms with E-state index in [0.29, 0.717) is 6.54 Å². The van der Waals surface area contributed by atoms with Crippen LogP contribution in [0.25, 0.3) is 0 Å². The first-order chi connectivity index (χ1) is 12.5. The van der Waals surface area contributed by atoms with Crippen LogP contribution in [0.15, 0.2) is 12.1 Å². The van der Waals surface area contributed by atoms with Gasteiger partial charge in [-0.1, -0.05) is 31.4 Å². The van der Waals surface area contributed by atoms with E-state index in [1.807, 2.05) is 12.1 Å². The van der Waals surface area contributed by atoms with Crippen LogP contribution in [0, 0.1) is 7.14 Å². The van der Waals surface area contributed by atoms with Crippen LogP contribution < -0.4 is 40.0 Å². The summed E-state index contributed by atoms with van der Waals surface area (Å²) in [5, 5.41) is 16.1. The third-order valence-electron chi connectivity index (χ3n) is 6.06. The molecule has 1 aliphatic heterocycles. The molecule has 0 aromatic heterocycles. The van der Waals surface area contributed by atoms with Gasteiger partial charge in [-0.05, 0) is 82.8 Å². The van der Waals surface area contributed by atoms with Crippen LogP contribution in [0.3, 0.4) is 0 Å². The summed E-state index contributed by atoms with van der Waals surface area (Å²) in [5.74, 6) is 0.188. The molecule has 4 nitrogen and oxygen atoms in total. The number of likely N-dealkylation sites (N-methyl/N-ethyl adjacent to an activating group) is 1. The summed E-state index contributed by atoms with van der Waals surface area (Å²) in [6.07, 6.45) is 7.99. The van der Waals surface area contributed by atoms with Gasteiger partial charge in [0.25, 0.3) is 0 Å². The zero-order valence-electron chi connectivity index (χ0n) is 16.7. The van der Waals surface area contributed by atoms with Gasteiger partial charge < -0.3 is 15.3 Å². The van der Waals surface area contributed by atoms with Crippen molar-refractivity contribution in [2.45, 2.75) is 50.6 Å². The summed E-state index contributed by atoms with van der Waals surface area (Å²) >= 11 is 4.46. The molecule has 0 unspecified atom stereocenters. The van der Waals surface area contributed by atoms with Crippen LogP contribution in [0.4, 0.5) is 0 Å². The Morgan fingerprint density at radius 2 is 1.67 bits per heavy atom.